The molecule has 0 aliphatic rings. The molecule has 0 bridgehead atoms. The van der Waals surface area contributed by atoms with E-state index >= 15 is 0 Å². The number of hydrogen-bond donors (Lipinski definition) is 2. The largest absolute Gasteiger partial charge is 0.356 e. The molecule has 0 unspecified atom stereocenters. The molecule has 128 valence electrons. The molecular formula is C15H26IN7. The first-order chi connectivity index (χ1) is 10.6. The van der Waals surface area contributed by atoms with Crippen LogP contribution in [0.2, 0.25) is 0 Å². The third-order valence-electron chi connectivity index (χ3n) is 3.53. The van der Waals surface area contributed by atoms with Crippen LogP contribution in [0.4, 0.5) is 0 Å². The minimum absolute atomic E-state index is 0. The summed E-state index contributed by atoms with van der Waals surface area (Å²) in [6, 6.07) is 4.09. The lowest BCUT2D eigenvalue weighted by atomic mass is 10.4. The Balaban J connectivity index is 0.00000264. The summed E-state index contributed by atoms with van der Waals surface area (Å²) in [6.07, 6.45) is 2.79. The summed E-state index contributed by atoms with van der Waals surface area (Å²) in [6.45, 7) is 6.57. The zero-order valence-corrected chi connectivity index (χ0v) is 16.5. The Morgan fingerprint density at radius 3 is 2.65 bits per heavy atom. The molecule has 0 aliphatic carbocycles. The van der Waals surface area contributed by atoms with Crippen LogP contribution in [0.1, 0.15) is 23.5 Å². The molecular weight excluding hydrogens is 405 g/mol. The standard InChI is InChI=1S/C15H25N7.HI/c1-12-10-13(2)22(20-12)9-5-7-17-15(16-3)18-11-14-6-8-19-21(14)4;/h6,8,10H,5,7,9,11H2,1-4H3,(H2,16,17,18);1H. The number of aromatic nitrogens is 4. The van der Waals surface area contributed by atoms with Crippen LogP contribution in [0, 0.1) is 13.8 Å². The quantitative estimate of drug-likeness (QED) is 0.316. The lowest BCUT2D eigenvalue weighted by Gasteiger charge is -2.12. The fraction of sp³-hybridized carbons (Fsp3) is 0.533. The first-order valence-electron chi connectivity index (χ1n) is 7.52. The summed E-state index contributed by atoms with van der Waals surface area (Å²) < 4.78 is 3.89. The highest BCUT2D eigenvalue weighted by Crippen LogP contribution is 2.02. The third kappa shape index (κ3) is 5.85. The summed E-state index contributed by atoms with van der Waals surface area (Å²) in [5.41, 5.74) is 3.39. The average Bonchev–Trinajstić information content (AvgIpc) is 3.03. The van der Waals surface area contributed by atoms with Gasteiger partial charge in [-0.3, -0.25) is 14.4 Å². The van der Waals surface area contributed by atoms with Gasteiger partial charge in [0.25, 0.3) is 0 Å². The van der Waals surface area contributed by atoms with E-state index in [0.29, 0.717) is 6.54 Å². The Hall–Kier alpha value is -1.58. The summed E-state index contributed by atoms with van der Waals surface area (Å²) in [7, 11) is 3.71. The van der Waals surface area contributed by atoms with Crippen LogP contribution < -0.4 is 10.6 Å². The van der Waals surface area contributed by atoms with Crippen molar-refractivity contribution in [2.24, 2.45) is 12.0 Å². The highest BCUT2D eigenvalue weighted by atomic mass is 127. The van der Waals surface area contributed by atoms with E-state index in [1.807, 2.05) is 29.4 Å². The molecule has 0 aliphatic heterocycles. The fourth-order valence-corrected chi connectivity index (χ4v) is 2.31. The first kappa shape index (κ1) is 19.5. The van der Waals surface area contributed by atoms with Crippen LogP contribution in [-0.2, 0) is 20.1 Å². The van der Waals surface area contributed by atoms with Crippen LogP contribution in [0.25, 0.3) is 0 Å². The molecule has 0 saturated heterocycles. The molecule has 0 radical (unpaired) electrons. The molecule has 2 N–H and O–H groups in total. The van der Waals surface area contributed by atoms with Crippen LogP contribution in [0.3, 0.4) is 0 Å². The zero-order chi connectivity index (χ0) is 15.9. The van der Waals surface area contributed by atoms with E-state index in [4.69, 9.17) is 0 Å². The van der Waals surface area contributed by atoms with Gasteiger partial charge in [0.1, 0.15) is 0 Å². The number of nitrogens with zero attached hydrogens (tertiary/aromatic N) is 5. The minimum Gasteiger partial charge on any atom is -0.356 e. The predicted octanol–water partition coefficient (Wildman–Crippen LogP) is 1.61. The van der Waals surface area contributed by atoms with Crippen LogP contribution in [0.5, 0.6) is 0 Å². The molecule has 23 heavy (non-hydrogen) atoms. The molecule has 2 aromatic heterocycles. The molecule has 0 amide bonds. The zero-order valence-electron chi connectivity index (χ0n) is 14.2. The number of hydrogen-bond acceptors (Lipinski definition) is 3. The number of aliphatic imine (C=N–C) groups is 1. The number of aryl methyl sites for hydroxylation is 4. The van der Waals surface area contributed by atoms with E-state index in [0.717, 1.165) is 36.9 Å². The van der Waals surface area contributed by atoms with Crippen molar-refractivity contribution in [3.05, 3.63) is 35.4 Å². The Morgan fingerprint density at radius 1 is 1.30 bits per heavy atom. The highest BCUT2D eigenvalue weighted by Gasteiger charge is 2.02. The topological polar surface area (TPSA) is 72.1 Å². The Bertz CT molecular complexity index is 630. The van der Waals surface area contributed by atoms with E-state index in [1.165, 1.54) is 5.69 Å². The molecule has 0 atom stereocenters. The van der Waals surface area contributed by atoms with E-state index in [-0.39, 0.29) is 24.0 Å². The molecule has 0 aromatic carbocycles. The maximum absolute atomic E-state index is 4.46. The molecule has 2 aromatic rings. The normalized spacial score (nSPS) is 11.2. The van der Waals surface area contributed by atoms with Gasteiger partial charge in [0, 0.05) is 39.1 Å². The van der Waals surface area contributed by atoms with Gasteiger partial charge in [-0.25, -0.2) is 0 Å². The van der Waals surface area contributed by atoms with Crippen molar-refractivity contribution in [2.45, 2.75) is 33.4 Å². The second-order valence-electron chi connectivity index (χ2n) is 5.30. The smallest absolute Gasteiger partial charge is 0.191 e. The van der Waals surface area contributed by atoms with Gasteiger partial charge in [-0.2, -0.15) is 10.2 Å². The molecule has 7 nitrogen and oxygen atoms in total. The Labute approximate surface area is 154 Å². The predicted molar refractivity (Wildman–Crippen MR) is 103 cm³/mol. The van der Waals surface area contributed by atoms with Gasteiger partial charge in [-0.15, -0.1) is 24.0 Å². The number of rotatable bonds is 6. The summed E-state index contributed by atoms with van der Waals surface area (Å²) in [5.74, 6) is 0.801. The Morgan fingerprint density at radius 2 is 2.09 bits per heavy atom. The van der Waals surface area contributed by atoms with Crippen LogP contribution in [-0.4, -0.2) is 39.1 Å². The first-order valence-corrected chi connectivity index (χ1v) is 7.52. The van der Waals surface area contributed by atoms with Gasteiger partial charge in [-0.05, 0) is 32.4 Å². The molecule has 8 heteroatoms. The average molecular weight is 431 g/mol. The van der Waals surface area contributed by atoms with Crippen molar-refractivity contribution in [3.8, 4) is 0 Å². The van der Waals surface area contributed by atoms with E-state index in [2.05, 4.69) is 38.8 Å². The van der Waals surface area contributed by atoms with E-state index in [9.17, 15) is 0 Å². The van der Waals surface area contributed by atoms with Crippen molar-refractivity contribution in [2.75, 3.05) is 13.6 Å². The SMILES string of the molecule is CN=C(NCCCn1nc(C)cc1C)NCc1ccnn1C.I. The minimum atomic E-state index is 0. The van der Waals surface area contributed by atoms with Gasteiger partial charge in [0.2, 0.25) is 0 Å². The second kappa shape index (κ2) is 9.53. The van der Waals surface area contributed by atoms with Gasteiger partial charge in [0.05, 0.1) is 17.9 Å². The molecule has 0 spiro atoms. The van der Waals surface area contributed by atoms with Gasteiger partial charge >= 0.3 is 0 Å². The number of halogens is 1. The maximum Gasteiger partial charge on any atom is 0.191 e. The van der Waals surface area contributed by atoms with Gasteiger partial charge in [0.15, 0.2) is 5.96 Å². The summed E-state index contributed by atoms with van der Waals surface area (Å²) >= 11 is 0. The molecule has 0 saturated carbocycles. The van der Waals surface area contributed by atoms with Crippen molar-refractivity contribution < 1.29 is 0 Å². The van der Waals surface area contributed by atoms with E-state index in [1.54, 1.807) is 13.2 Å². The maximum atomic E-state index is 4.46. The van der Waals surface area contributed by atoms with Crippen molar-refractivity contribution in [1.29, 1.82) is 0 Å². The monoisotopic (exact) mass is 431 g/mol. The fourth-order valence-electron chi connectivity index (χ4n) is 2.31. The van der Waals surface area contributed by atoms with Crippen LogP contribution in [0.15, 0.2) is 23.3 Å². The van der Waals surface area contributed by atoms with Crippen molar-refractivity contribution in [3.63, 3.8) is 0 Å². The lowest BCUT2D eigenvalue weighted by molar-refractivity contribution is 0.554. The lowest BCUT2D eigenvalue weighted by Crippen LogP contribution is -2.38. The molecule has 2 heterocycles. The van der Waals surface area contributed by atoms with Crippen molar-refractivity contribution in [1.82, 2.24) is 30.2 Å². The number of guanidine groups is 1. The summed E-state index contributed by atoms with van der Waals surface area (Å²) in [4.78, 5) is 4.23. The van der Waals surface area contributed by atoms with Gasteiger partial charge < -0.3 is 10.6 Å². The third-order valence-corrected chi connectivity index (χ3v) is 3.53. The molecule has 2 rings (SSSR count). The molecule has 0 fully saturated rings. The van der Waals surface area contributed by atoms with Gasteiger partial charge in [-0.1, -0.05) is 0 Å². The highest BCUT2D eigenvalue weighted by molar-refractivity contribution is 14.0. The Kier molecular flexibility index (Phi) is 8.07. The van der Waals surface area contributed by atoms with E-state index < -0.39 is 0 Å². The number of nitrogens with one attached hydrogen (secondary N) is 2. The van der Waals surface area contributed by atoms with Crippen molar-refractivity contribution >= 4 is 29.9 Å². The summed E-state index contributed by atoms with van der Waals surface area (Å²) in [5, 5.41) is 15.2. The second-order valence-corrected chi connectivity index (χ2v) is 5.30. The van der Waals surface area contributed by atoms with Crippen LogP contribution >= 0.6 is 24.0 Å².